The first kappa shape index (κ1) is 18.6. The number of benzene rings is 1. The molecule has 0 saturated heterocycles. The number of nitrogens with two attached hydrogens (primary N) is 1. The predicted octanol–water partition coefficient (Wildman–Crippen LogP) is 4.16. The van der Waals surface area contributed by atoms with Crippen LogP contribution in [-0.2, 0) is 6.42 Å². The molecule has 0 saturated carbocycles. The van der Waals surface area contributed by atoms with Gasteiger partial charge < -0.3 is 11.1 Å². The number of rotatable bonds is 8. The van der Waals surface area contributed by atoms with Crippen molar-refractivity contribution in [2.45, 2.75) is 63.3 Å². The minimum absolute atomic E-state index is 0.167. The zero-order chi connectivity index (χ0) is 16.7. The van der Waals surface area contributed by atoms with Gasteiger partial charge in [-0.25, -0.2) is 0 Å². The van der Waals surface area contributed by atoms with Gasteiger partial charge in [0.25, 0.3) is 0 Å². The van der Waals surface area contributed by atoms with Crippen molar-refractivity contribution in [3.05, 3.63) is 47.0 Å². The van der Waals surface area contributed by atoms with E-state index >= 15 is 0 Å². The Morgan fingerprint density at radius 1 is 1.13 bits per heavy atom. The van der Waals surface area contributed by atoms with Crippen molar-refractivity contribution in [3.8, 4) is 0 Å². The fraction of sp³-hybridized carbons (Fsp3) is 0.600. The highest BCUT2D eigenvalue weighted by atomic mass is 32.2. The average Bonchev–Trinajstić information content (AvgIpc) is 2.59. The molecule has 2 rings (SSSR count). The number of nitrogens with one attached hydrogen (secondary N) is 1. The molecule has 2 unspecified atom stereocenters. The SMILES string of the molecule is CNC(C)[C@H](N)C1=C(CSC(C)Cc2ccccc2)CCCC1. The molecule has 0 heterocycles. The van der Waals surface area contributed by atoms with E-state index in [0.29, 0.717) is 11.3 Å². The Labute approximate surface area is 146 Å². The third kappa shape index (κ3) is 5.66. The van der Waals surface area contributed by atoms with Crippen LogP contribution in [0.2, 0.25) is 0 Å². The molecule has 0 radical (unpaired) electrons. The Hall–Kier alpha value is -0.770. The summed E-state index contributed by atoms with van der Waals surface area (Å²) in [5.41, 5.74) is 11.1. The Morgan fingerprint density at radius 3 is 2.52 bits per heavy atom. The van der Waals surface area contributed by atoms with Gasteiger partial charge in [-0.2, -0.15) is 11.8 Å². The minimum atomic E-state index is 0.167. The van der Waals surface area contributed by atoms with Crippen molar-refractivity contribution in [2.75, 3.05) is 12.8 Å². The van der Waals surface area contributed by atoms with Crippen molar-refractivity contribution < 1.29 is 0 Å². The first-order valence-electron chi connectivity index (χ1n) is 8.91. The molecule has 3 N–H and O–H groups in total. The van der Waals surface area contributed by atoms with Crippen molar-refractivity contribution in [2.24, 2.45) is 5.73 Å². The summed E-state index contributed by atoms with van der Waals surface area (Å²) in [6.45, 7) is 4.53. The molecule has 0 fully saturated rings. The Kier molecular flexibility index (Phi) is 7.68. The van der Waals surface area contributed by atoms with Gasteiger partial charge in [0.2, 0.25) is 0 Å². The van der Waals surface area contributed by atoms with Gasteiger partial charge in [-0.05, 0) is 51.6 Å². The number of thioether (sulfide) groups is 1. The molecule has 0 aliphatic heterocycles. The van der Waals surface area contributed by atoms with Crippen LogP contribution in [0, 0.1) is 0 Å². The lowest BCUT2D eigenvalue weighted by molar-refractivity contribution is 0.501. The van der Waals surface area contributed by atoms with Gasteiger partial charge >= 0.3 is 0 Å². The molecule has 1 aromatic carbocycles. The van der Waals surface area contributed by atoms with Crippen LogP contribution in [0.5, 0.6) is 0 Å². The first-order valence-corrected chi connectivity index (χ1v) is 9.95. The van der Waals surface area contributed by atoms with E-state index in [0.717, 1.165) is 12.2 Å². The maximum Gasteiger partial charge on any atom is 0.0410 e. The highest BCUT2D eigenvalue weighted by Gasteiger charge is 2.22. The monoisotopic (exact) mass is 332 g/mol. The zero-order valence-electron chi connectivity index (χ0n) is 14.8. The maximum absolute atomic E-state index is 6.49. The van der Waals surface area contributed by atoms with Gasteiger partial charge in [0.05, 0.1) is 0 Å². The molecular formula is C20H32N2S. The van der Waals surface area contributed by atoms with Gasteiger partial charge in [-0.3, -0.25) is 0 Å². The third-order valence-corrected chi connectivity index (χ3v) is 6.18. The lowest BCUT2D eigenvalue weighted by Crippen LogP contribution is -2.43. The van der Waals surface area contributed by atoms with Crippen molar-refractivity contribution in [1.29, 1.82) is 0 Å². The predicted molar refractivity (Wildman–Crippen MR) is 104 cm³/mol. The minimum Gasteiger partial charge on any atom is -0.323 e. The Morgan fingerprint density at radius 2 is 1.83 bits per heavy atom. The summed E-state index contributed by atoms with van der Waals surface area (Å²) in [6, 6.07) is 11.3. The molecule has 1 aromatic rings. The molecular weight excluding hydrogens is 300 g/mol. The van der Waals surface area contributed by atoms with Crippen LogP contribution in [-0.4, -0.2) is 30.1 Å². The van der Waals surface area contributed by atoms with Crippen molar-refractivity contribution >= 4 is 11.8 Å². The number of hydrogen-bond donors (Lipinski definition) is 2. The van der Waals surface area contributed by atoms with Crippen LogP contribution in [0.3, 0.4) is 0 Å². The fourth-order valence-electron chi connectivity index (χ4n) is 3.29. The highest BCUT2D eigenvalue weighted by molar-refractivity contribution is 8.00. The normalized spacial score (nSPS) is 19.5. The third-order valence-electron chi connectivity index (χ3n) is 4.93. The van der Waals surface area contributed by atoms with E-state index < -0.39 is 0 Å². The van der Waals surface area contributed by atoms with Crippen LogP contribution in [0.4, 0.5) is 0 Å². The van der Waals surface area contributed by atoms with Crippen LogP contribution in [0.25, 0.3) is 0 Å². The molecule has 3 heteroatoms. The molecule has 2 nitrogen and oxygen atoms in total. The van der Waals surface area contributed by atoms with E-state index in [1.54, 1.807) is 5.57 Å². The van der Waals surface area contributed by atoms with Gasteiger partial charge in [0.1, 0.15) is 0 Å². The highest BCUT2D eigenvalue weighted by Crippen LogP contribution is 2.31. The van der Waals surface area contributed by atoms with Gasteiger partial charge in [-0.1, -0.05) is 48.4 Å². The van der Waals surface area contributed by atoms with Crippen molar-refractivity contribution in [1.82, 2.24) is 5.32 Å². The lowest BCUT2D eigenvalue weighted by Gasteiger charge is -2.29. The second-order valence-corrected chi connectivity index (χ2v) is 8.18. The zero-order valence-corrected chi connectivity index (χ0v) is 15.7. The summed E-state index contributed by atoms with van der Waals surface area (Å²) in [7, 11) is 2.00. The quantitative estimate of drug-likeness (QED) is 0.702. The molecule has 1 aliphatic rings. The summed E-state index contributed by atoms with van der Waals surface area (Å²) in [5.74, 6) is 1.15. The maximum atomic E-state index is 6.49. The van der Waals surface area contributed by atoms with Crippen LogP contribution in [0.1, 0.15) is 45.1 Å². The van der Waals surface area contributed by atoms with Crippen molar-refractivity contribution in [3.63, 3.8) is 0 Å². The standard InChI is InChI=1S/C20H32N2S/c1-15(13-17-9-5-4-6-10-17)23-14-18-11-7-8-12-19(18)20(21)16(2)22-3/h4-6,9-10,15-16,20,22H,7-8,11-14,21H2,1-3H3/t15?,16?,20-/m0/s1. The second kappa shape index (κ2) is 9.51. The molecule has 0 bridgehead atoms. The Balaban J connectivity index is 1.94. The van der Waals surface area contributed by atoms with E-state index in [1.807, 2.05) is 7.05 Å². The first-order chi connectivity index (χ1) is 11.1. The second-order valence-electron chi connectivity index (χ2n) is 6.75. The van der Waals surface area contributed by atoms with Gasteiger partial charge in [0.15, 0.2) is 0 Å². The van der Waals surface area contributed by atoms with E-state index in [1.165, 1.54) is 36.8 Å². The van der Waals surface area contributed by atoms with E-state index in [-0.39, 0.29) is 6.04 Å². The Bertz CT molecular complexity index is 498. The van der Waals surface area contributed by atoms with Gasteiger partial charge in [-0.15, -0.1) is 0 Å². The summed E-state index contributed by atoms with van der Waals surface area (Å²) < 4.78 is 0. The van der Waals surface area contributed by atoms with Crippen LogP contribution in [0.15, 0.2) is 41.5 Å². The molecule has 3 atom stereocenters. The summed E-state index contributed by atoms with van der Waals surface area (Å²) in [5, 5.41) is 3.96. The summed E-state index contributed by atoms with van der Waals surface area (Å²) in [4.78, 5) is 0. The fourth-order valence-corrected chi connectivity index (χ4v) is 4.41. The summed E-state index contributed by atoms with van der Waals surface area (Å²) in [6.07, 6.45) is 6.20. The molecule has 0 amide bonds. The van der Waals surface area contributed by atoms with Gasteiger partial charge in [0, 0.05) is 23.1 Å². The molecule has 0 aromatic heterocycles. The van der Waals surface area contributed by atoms with Crippen LogP contribution < -0.4 is 11.1 Å². The topological polar surface area (TPSA) is 38.0 Å². The molecule has 23 heavy (non-hydrogen) atoms. The van der Waals surface area contributed by atoms with Crippen LogP contribution >= 0.6 is 11.8 Å². The smallest absolute Gasteiger partial charge is 0.0410 e. The van der Waals surface area contributed by atoms with E-state index in [4.69, 9.17) is 5.73 Å². The van der Waals surface area contributed by atoms with E-state index in [2.05, 4.69) is 61.3 Å². The summed E-state index contributed by atoms with van der Waals surface area (Å²) >= 11 is 2.08. The van der Waals surface area contributed by atoms with E-state index in [9.17, 15) is 0 Å². The molecule has 1 aliphatic carbocycles. The lowest BCUT2D eigenvalue weighted by atomic mass is 9.86. The average molecular weight is 333 g/mol. The largest absolute Gasteiger partial charge is 0.323 e. The molecule has 128 valence electrons. The number of likely N-dealkylation sites (N-methyl/N-ethyl adjacent to an activating group) is 1. The number of hydrogen-bond acceptors (Lipinski definition) is 3. The molecule has 0 spiro atoms.